The van der Waals surface area contributed by atoms with E-state index in [4.69, 9.17) is 16.7 Å². The van der Waals surface area contributed by atoms with Gasteiger partial charge in [0.05, 0.1) is 21.9 Å². The van der Waals surface area contributed by atoms with Gasteiger partial charge in [-0.05, 0) is 62.6 Å². The summed E-state index contributed by atoms with van der Waals surface area (Å²) in [5.41, 5.74) is 0.111. The minimum Gasteiger partial charge on any atom is -0.434 e. The van der Waals surface area contributed by atoms with E-state index in [1.165, 1.54) is 16.8 Å². The first-order chi connectivity index (χ1) is 18.1. The highest BCUT2D eigenvalue weighted by Gasteiger charge is 2.36. The Morgan fingerprint density at radius 3 is 2.44 bits per heavy atom. The quantitative estimate of drug-likeness (QED) is 0.366. The number of carbonyl (C=O) groups excluding carboxylic acids is 1. The van der Waals surface area contributed by atoms with Crippen LogP contribution in [0.4, 0.5) is 22.0 Å². The second kappa shape index (κ2) is 12.4. The smallest absolute Gasteiger partial charge is 0.391 e. The van der Waals surface area contributed by atoms with Crippen molar-refractivity contribution in [3.8, 4) is 17.0 Å². The molecule has 0 radical (unpaired) electrons. The zero-order chi connectivity index (χ0) is 29.1. The van der Waals surface area contributed by atoms with Crippen molar-refractivity contribution >= 4 is 27.5 Å². The Morgan fingerprint density at radius 2 is 1.90 bits per heavy atom. The van der Waals surface area contributed by atoms with E-state index in [9.17, 15) is 35.2 Å². The van der Waals surface area contributed by atoms with Crippen LogP contribution in [0.1, 0.15) is 55.6 Å². The summed E-state index contributed by atoms with van der Waals surface area (Å²) < 4.78 is 94.5. The lowest BCUT2D eigenvalue weighted by molar-refractivity contribution is -0.169. The minimum absolute atomic E-state index is 0.0242. The van der Waals surface area contributed by atoms with Gasteiger partial charge in [-0.15, -0.1) is 0 Å². The molecule has 0 bridgehead atoms. The highest BCUT2D eigenvalue weighted by Crippen LogP contribution is 2.39. The van der Waals surface area contributed by atoms with Crippen molar-refractivity contribution in [3.63, 3.8) is 0 Å². The number of carbonyl (C=O) groups is 1. The Hall–Kier alpha value is -2.45. The Kier molecular flexibility index (Phi) is 9.87. The van der Waals surface area contributed by atoms with E-state index in [0.717, 1.165) is 13.0 Å². The summed E-state index contributed by atoms with van der Waals surface area (Å²) in [6, 6.07) is 3.78. The first kappa shape index (κ1) is 31.1. The average Bonchev–Trinajstić information content (AvgIpc) is 3.17. The van der Waals surface area contributed by atoms with Crippen molar-refractivity contribution in [2.75, 3.05) is 6.54 Å². The van der Waals surface area contributed by atoms with Gasteiger partial charge in [-0.1, -0.05) is 24.6 Å². The highest BCUT2D eigenvalue weighted by atomic mass is 35.5. The maximum atomic E-state index is 13.2. The number of aryl methyl sites for hydroxylation is 1. The molecule has 218 valence electrons. The average molecular weight is 601 g/mol. The summed E-state index contributed by atoms with van der Waals surface area (Å²) in [4.78, 5) is 12.9. The fraction of sp³-hybridized carbons (Fsp3) is 0.583. The number of nitrogens with one attached hydrogen (secondary N) is 1. The Labute approximate surface area is 228 Å². The third-order valence-electron chi connectivity index (χ3n) is 6.84. The van der Waals surface area contributed by atoms with E-state index >= 15 is 0 Å². The summed E-state index contributed by atoms with van der Waals surface area (Å²) >= 11 is 6.50. The van der Waals surface area contributed by atoms with Crippen LogP contribution in [0.25, 0.3) is 11.3 Å². The standard InChI is InChI=1S/C24H30ClF5N4O4S/c1-3-34-21(17-9-6-15(10-13(2)24(28,29)30)11-18(17)38-23(26)27)19(25)20(33-34)22(35)32-12-14-4-7-16(8-5-14)39(31,36)37/h6,9,11,13-14,16,23H,3-5,7-8,10,12H2,1-2H3,(H,32,35)(H2,31,36,37). The second-order valence-corrected chi connectivity index (χ2v) is 11.8. The van der Waals surface area contributed by atoms with E-state index in [-0.39, 0.29) is 46.5 Å². The molecule has 1 atom stereocenters. The molecule has 3 N–H and O–H groups in total. The van der Waals surface area contributed by atoms with Gasteiger partial charge in [0.15, 0.2) is 5.69 Å². The molecule has 1 fully saturated rings. The monoisotopic (exact) mass is 600 g/mol. The number of amides is 1. The Balaban J connectivity index is 1.83. The maximum Gasteiger partial charge on any atom is 0.391 e. The van der Waals surface area contributed by atoms with Crippen LogP contribution >= 0.6 is 11.6 Å². The van der Waals surface area contributed by atoms with Crippen LogP contribution in [0.3, 0.4) is 0 Å². The topological polar surface area (TPSA) is 116 Å². The number of halogens is 6. The van der Waals surface area contributed by atoms with Crippen LogP contribution < -0.4 is 15.2 Å². The molecule has 8 nitrogen and oxygen atoms in total. The van der Waals surface area contributed by atoms with Gasteiger partial charge < -0.3 is 10.1 Å². The molecule has 1 unspecified atom stereocenters. The number of sulfonamides is 1. The number of hydrogen-bond donors (Lipinski definition) is 2. The molecule has 1 amide bonds. The zero-order valence-electron chi connectivity index (χ0n) is 21.3. The number of alkyl halides is 5. The Morgan fingerprint density at radius 1 is 1.26 bits per heavy atom. The number of aromatic nitrogens is 2. The molecule has 15 heteroatoms. The normalized spacial score (nSPS) is 19.2. The largest absolute Gasteiger partial charge is 0.434 e. The molecular formula is C24H30ClF5N4O4S. The maximum absolute atomic E-state index is 13.2. The molecule has 1 heterocycles. The van der Waals surface area contributed by atoms with Crippen LogP contribution in [-0.2, 0) is 23.0 Å². The number of nitrogens with two attached hydrogens (primary N) is 1. The molecule has 2 aromatic rings. The van der Waals surface area contributed by atoms with Gasteiger partial charge in [0.25, 0.3) is 5.91 Å². The molecule has 3 rings (SSSR count). The molecule has 1 aromatic heterocycles. The summed E-state index contributed by atoms with van der Waals surface area (Å²) in [5, 5.41) is 11.4. The van der Waals surface area contributed by atoms with Crippen LogP contribution in [0.5, 0.6) is 5.75 Å². The number of primary sulfonamides is 1. The SMILES string of the molecule is CCn1nc(C(=O)NCC2CCC(S(N)(=O)=O)CC2)c(Cl)c1-c1ccc(CC(C)C(F)(F)F)cc1OC(F)F. The van der Waals surface area contributed by atoms with Gasteiger partial charge in [-0.2, -0.15) is 27.1 Å². The van der Waals surface area contributed by atoms with Gasteiger partial charge in [-0.25, -0.2) is 13.6 Å². The van der Waals surface area contributed by atoms with E-state index in [2.05, 4.69) is 15.2 Å². The van der Waals surface area contributed by atoms with E-state index < -0.39 is 52.1 Å². The molecule has 1 aliphatic carbocycles. The van der Waals surface area contributed by atoms with Gasteiger partial charge in [0.2, 0.25) is 10.0 Å². The van der Waals surface area contributed by atoms with Crippen molar-refractivity contribution in [1.82, 2.24) is 15.1 Å². The predicted molar refractivity (Wildman–Crippen MR) is 135 cm³/mol. The van der Waals surface area contributed by atoms with Crippen LogP contribution in [0, 0.1) is 11.8 Å². The number of rotatable bonds is 10. The molecule has 1 aliphatic rings. The molecule has 0 saturated heterocycles. The predicted octanol–water partition coefficient (Wildman–Crippen LogP) is 5.14. The van der Waals surface area contributed by atoms with Crippen molar-refractivity contribution < 1.29 is 39.9 Å². The van der Waals surface area contributed by atoms with E-state index in [1.54, 1.807) is 6.92 Å². The van der Waals surface area contributed by atoms with Gasteiger partial charge in [0, 0.05) is 18.7 Å². The number of ether oxygens (including phenoxy) is 1. The molecule has 0 aliphatic heterocycles. The van der Waals surface area contributed by atoms with Crippen LogP contribution in [0.15, 0.2) is 18.2 Å². The van der Waals surface area contributed by atoms with E-state index in [1.807, 2.05) is 0 Å². The number of nitrogens with zero attached hydrogens (tertiary/aromatic N) is 2. The lowest BCUT2D eigenvalue weighted by Crippen LogP contribution is -2.36. The molecule has 39 heavy (non-hydrogen) atoms. The molecular weight excluding hydrogens is 571 g/mol. The van der Waals surface area contributed by atoms with Gasteiger partial charge >= 0.3 is 12.8 Å². The Bertz CT molecular complexity index is 1280. The fourth-order valence-corrected chi connectivity index (χ4v) is 5.86. The lowest BCUT2D eigenvalue weighted by Gasteiger charge is -2.27. The first-order valence-corrected chi connectivity index (χ1v) is 14.3. The third-order valence-corrected chi connectivity index (χ3v) is 8.60. The second-order valence-electron chi connectivity index (χ2n) is 9.62. The van der Waals surface area contributed by atoms with Crippen molar-refractivity contribution in [3.05, 3.63) is 34.5 Å². The fourth-order valence-electron chi connectivity index (χ4n) is 4.61. The number of benzene rings is 1. The summed E-state index contributed by atoms with van der Waals surface area (Å²) in [5.74, 6) is -2.70. The zero-order valence-corrected chi connectivity index (χ0v) is 22.8. The third kappa shape index (κ3) is 7.82. The van der Waals surface area contributed by atoms with Crippen LogP contribution in [-0.4, -0.2) is 48.7 Å². The first-order valence-electron chi connectivity index (χ1n) is 12.3. The number of hydrogen-bond acceptors (Lipinski definition) is 5. The van der Waals surface area contributed by atoms with Crippen LogP contribution in [0.2, 0.25) is 5.02 Å². The van der Waals surface area contributed by atoms with Crippen molar-refractivity contribution in [2.24, 2.45) is 17.0 Å². The van der Waals surface area contributed by atoms with Crippen molar-refractivity contribution in [1.29, 1.82) is 0 Å². The summed E-state index contributed by atoms with van der Waals surface area (Å²) in [6.45, 7) is -0.150. The summed E-state index contributed by atoms with van der Waals surface area (Å²) in [6.07, 6.45) is -3.03. The van der Waals surface area contributed by atoms with Gasteiger partial charge in [-0.3, -0.25) is 9.48 Å². The molecule has 0 spiro atoms. The summed E-state index contributed by atoms with van der Waals surface area (Å²) in [7, 11) is -3.61. The molecule has 1 aromatic carbocycles. The lowest BCUT2D eigenvalue weighted by atomic mass is 9.89. The van der Waals surface area contributed by atoms with Gasteiger partial charge in [0.1, 0.15) is 5.75 Å². The van der Waals surface area contributed by atoms with Crippen molar-refractivity contribution in [2.45, 2.75) is 70.5 Å². The molecule has 1 saturated carbocycles. The highest BCUT2D eigenvalue weighted by molar-refractivity contribution is 7.89. The van der Waals surface area contributed by atoms with E-state index in [0.29, 0.717) is 25.7 Å². The minimum atomic E-state index is -4.46.